The molecule has 0 aromatic heterocycles. The average Bonchev–Trinajstić information content (AvgIpc) is 2.44. The van der Waals surface area contributed by atoms with E-state index >= 15 is 0 Å². The average molecular weight is 277 g/mol. The largest absolute Gasteiger partial charge is 0.497 e. The molecule has 1 aromatic carbocycles. The summed E-state index contributed by atoms with van der Waals surface area (Å²) in [5.41, 5.74) is 0.451. The lowest BCUT2D eigenvalue weighted by atomic mass is 9.64. The third-order valence-electron chi connectivity index (χ3n) is 3.91. The minimum atomic E-state index is -0.514. The molecule has 0 heterocycles. The lowest BCUT2D eigenvalue weighted by Gasteiger charge is -2.40. The van der Waals surface area contributed by atoms with Crippen molar-refractivity contribution in [2.75, 3.05) is 20.8 Å². The molecule has 20 heavy (non-hydrogen) atoms. The first-order valence-corrected chi connectivity index (χ1v) is 6.62. The van der Waals surface area contributed by atoms with E-state index in [4.69, 9.17) is 4.74 Å². The van der Waals surface area contributed by atoms with Crippen LogP contribution in [-0.4, -0.2) is 32.6 Å². The van der Waals surface area contributed by atoms with Gasteiger partial charge in [-0.25, -0.2) is 0 Å². The van der Waals surface area contributed by atoms with Gasteiger partial charge in [-0.3, -0.25) is 9.59 Å². The number of amides is 1. The van der Waals surface area contributed by atoms with Crippen LogP contribution in [-0.2, 0) is 19.7 Å². The molecule has 0 bridgehead atoms. The normalized spacial score (nSPS) is 15.9. The zero-order valence-electron chi connectivity index (χ0n) is 11.8. The number of hydrogen-bond donors (Lipinski definition) is 1. The first-order valence-electron chi connectivity index (χ1n) is 6.62. The molecule has 5 nitrogen and oxygen atoms in total. The Labute approximate surface area is 118 Å². The summed E-state index contributed by atoms with van der Waals surface area (Å²) in [7, 11) is 2.91. The molecule has 2 rings (SSSR count). The van der Waals surface area contributed by atoms with Crippen molar-refractivity contribution in [3.05, 3.63) is 29.8 Å². The van der Waals surface area contributed by atoms with E-state index < -0.39 is 11.4 Å². The van der Waals surface area contributed by atoms with Crippen LogP contribution in [0.4, 0.5) is 0 Å². The number of nitrogens with one attached hydrogen (secondary N) is 1. The number of rotatable bonds is 5. The van der Waals surface area contributed by atoms with Crippen molar-refractivity contribution >= 4 is 11.9 Å². The number of benzene rings is 1. The Morgan fingerprint density at radius 3 is 2.30 bits per heavy atom. The zero-order valence-corrected chi connectivity index (χ0v) is 11.8. The highest BCUT2D eigenvalue weighted by molar-refractivity contribution is 5.91. The summed E-state index contributed by atoms with van der Waals surface area (Å²) in [5, 5.41) is 2.66. The predicted octanol–water partition coefficient (Wildman–Crippen LogP) is 1.41. The summed E-state index contributed by atoms with van der Waals surface area (Å²) in [6, 6.07) is 7.53. The fourth-order valence-corrected chi connectivity index (χ4v) is 2.48. The van der Waals surface area contributed by atoms with Gasteiger partial charge in [-0.15, -0.1) is 0 Å². The van der Waals surface area contributed by atoms with Crippen LogP contribution in [0.3, 0.4) is 0 Å². The van der Waals surface area contributed by atoms with Crippen LogP contribution in [0.15, 0.2) is 24.3 Å². The van der Waals surface area contributed by atoms with Gasteiger partial charge in [0.1, 0.15) is 12.3 Å². The van der Waals surface area contributed by atoms with Crippen molar-refractivity contribution in [2.45, 2.75) is 24.7 Å². The Morgan fingerprint density at radius 2 is 1.85 bits per heavy atom. The number of esters is 1. The fraction of sp³-hybridized carbons (Fsp3) is 0.467. The summed E-state index contributed by atoms with van der Waals surface area (Å²) in [6.45, 7) is -0.0900. The van der Waals surface area contributed by atoms with Gasteiger partial charge in [0.2, 0.25) is 5.91 Å². The monoisotopic (exact) mass is 277 g/mol. The SMILES string of the molecule is COC(=O)CNC(=O)C1(c2ccc(OC)cc2)CCC1. The van der Waals surface area contributed by atoms with Crippen LogP contribution >= 0.6 is 0 Å². The highest BCUT2D eigenvalue weighted by Gasteiger charge is 2.45. The first kappa shape index (κ1) is 14.4. The number of ether oxygens (including phenoxy) is 2. The molecule has 1 saturated carbocycles. The van der Waals surface area contributed by atoms with Gasteiger partial charge in [0.05, 0.1) is 19.6 Å². The molecule has 1 fully saturated rings. The highest BCUT2D eigenvalue weighted by atomic mass is 16.5. The van der Waals surface area contributed by atoms with E-state index in [1.165, 1.54) is 7.11 Å². The number of carbonyl (C=O) groups excluding carboxylic acids is 2. The van der Waals surface area contributed by atoms with E-state index in [-0.39, 0.29) is 12.5 Å². The molecule has 5 heteroatoms. The van der Waals surface area contributed by atoms with Gasteiger partial charge >= 0.3 is 5.97 Å². The lowest BCUT2D eigenvalue weighted by Crippen LogP contribution is -2.50. The standard InChI is InChI=1S/C15H19NO4/c1-19-12-6-4-11(5-7-12)15(8-3-9-15)14(18)16-10-13(17)20-2/h4-7H,3,8-10H2,1-2H3,(H,16,18). The van der Waals surface area contributed by atoms with Gasteiger partial charge in [-0.2, -0.15) is 0 Å². The second kappa shape index (κ2) is 5.94. The van der Waals surface area contributed by atoms with Crippen molar-refractivity contribution in [1.82, 2.24) is 5.32 Å². The molecule has 1 aromatic rings. The molecule has 0 radical (unpaired) electrons. The molecule has 1 N–H and O–H groups in total. The van der Waals surface area contributed by atoms with Crippen molar-refractivity contribution in [2.24, 2.45) is 0 Å². The van der Waals surface area contributed by atoms with Crippen molar-refractivity contribution in [3.63, 3.8) is 0 Å². The van der Waals surface area contributed by atoms with Crippen LogP contribution in [0, 0.1) is 0 Å². The minimum absolute atomic E-state index is 0.0900. The highest BCUT2D eigenvalue weighted by Crippen LogP contribution is 2.44. The Hall–Kier alpha value is -2.04. The molecule has 1 aliphatic carbocycles. The Kier molecular flexibility index (Phi) is 4.27. The van der Waals surface area contributed by atoms with Gasteiger partial charge in [0.15, 0.2) is 0 Å². The van der Waals surface area contributed by atoms with E-state index in [0.717, 1.165) is 30.6 Å². The third-order valence-corrected chi connectivity index (χ3v) is 3.91. The van der Waals surface area contributed by atoms with E-state index in [2.05, 4.69) is 10.1 Å². The predicted molar refractivity (Wildman–Crippen MR) is 73.5 cm³/mol. The maximum Gasteiger partial charge on any atom is 0.325 e. The molecule has 1 amide bonds. The van der Waals surface area contributed by atoms with Crippen LogP contribution in [0.1, 0.15) is 24.8 Å². The number of hydrogen-bond acceptors (Lipinski definition) is 4. The smallest absolute Gasteiger partial charge is 0.325 e. The minimum Gasteiger partial charge on any atom is -0.497 e. The second-order valence-corrected chi connectivity index (χ2v) is 4.92. The molecule has 108 valence electrons. The van der Waals surface area contributed by atoms with Gasteiger partial charge in [-0.1, -0.05) is 18.6 Å². The molecule has 1 aliphatic rings. The molecule has 0 saturated heterocycles. The van der Waals surface area contributed by atoms with Gasteiger partial charge in [0.25, 0.3) is 0 Å². The van der Waals surface area contributed by atoms with Gasteiger partial charge in [-0.05, 0) is 30.5 Å². The maximum atomic E-state index is 12.4. The summed E-state index contributed by atoms with van der Waals surface area (Å²) in [6.07, 6.45) is 2.61. The quantitative estimate of drug-likeness (QED) is 0.826. The number of methoxy groups -OCH3 is 2. The Morgan fingerprint density at radius 1 is 1.20 bits per heavy atom. The number of carbonyl (C=O) groups is 2. The van der Waals surface area contributed by atoms with E-state index in [1.54, 1.807) is 7.11 Å². The summed E-state index contributed by atoms with van der Waals surface area (Å²) in [4.78, 5) is 23.5. The Balaban J connectivity index is 2.11. The summed E-state index contributed by atoms with van der Waals surface area (Å²) in [5.74, 6) is 0.208. The van der Waals surface area contributed by atoms with E-state index in [9.17, 15) is 9.59 Å². The topological polar surface area (TPSA) is 64.6 Å². The lowest BCUT2D eigenvalue weighted by molar-refractivity contribution is -0.142. The molecule has 0 unspecified atom stereocenters. The first-order chi connectivity index (χ1) is 9.62. The zero-order chi connectivity index (χ0) is 14.6. The van der Waals surface area contributed by atoms with Crippen molar-refractivity contribution in [1.29, 1.82) is 0 Å². The maximum absolute atomic E-state index is 12.4. The molecule has 0 atom stereocenters. The van der Waals surface area contributed by atoms with E-state index in [0.29, 0.717) is 0 Å². The molecular weight excluding hydrogens is 258 g/mol. The van der Waals surface area contributed by atoms with Gasteiger partial charge < -0.3 is 14.8 Å². The molecule has 0 aliphatic heterocycles. The molecular formula is C15H19NO4. The van der Waals surface area contributed by atoms with Crippen molar-refractivity contribution < 1.29 is 19.1 Å². The third kappa shape index (κ3) is 2.61. The Bertz CT molecular complexity index is 491. The summed E-state index contributed by atoms with van der Waals surface area (Å²) >= 11 is 0. The summed E-state index contributed by atoms with van der Waals surface area (Å²) < 4.78 is 9.66. The van der Waals surface area contributed by atoms with Crippen LogP contribution in [0.2, 0.25) is 0 Å². The molecule has 0 spiro atoms. The van der Waals surface area contributed by atoms with Gasteiger partial charge in [0, 0.05) is 0 Å². The fourth-order valence-electron chi connectivity index (χ4n) is 2.48. The van der Waals surface area contributed by atoms with Crippen LogP contribution in [0.25, 0.3) is 0 Å². The van der Waals surface area contributed by atoms with E-state index in [1.807, 2.05) is 24.3 Å². The van der Waals surface area contributed by atoms with Crippen LogP contribution in [0.5, 0.6) is 5.75 Å². The van der Waals surface area contributed by atoms with Crippen molar-refractivity contribution in [3.8, 4) is 5.75 Å². The van der Waals surface area contributed by atoms with Crippen LogP contribution < -0.4 is 10.1 Å². The second-order valence-electron chi connectivity index (χ2n) is 4.92.